The van der Waals surface area contributed by atoms with Crippen molar-refractivity contribution in [2.45, 2.75) is 4.90 Å². The fourth-order valence-electron chi connectivity index (χ4n) is 1.88. The second kappa shape index (κ2) is 6.55. The van der Waals surface area contributed by atoms with E-state index in [1.807, 2.05) is 0 Å². The maximum Gasteiger partial charge on any atom is 0.339 e. The van der Waals surface area contributed by atoms with Crippen molar-refractivity contribution in [3.8, 4) is 0 Å². The summed E-state index contributed by atoms with van der Waals surface area (Å²) in [5.41, 5.74) is 0.270. The topological polar surface area (TPSA) is 63.7 Å². The van der Waals surface area contributed by atoms with Crippen LogP contribution in [0.15, 0.2) is 47.4 Å². The zero-order valence-electron chi connectivity index (χ0n) is 12.3. The maximum absolute atomic E-state index is 12.9. The second-order valence-electron chi connectivity index (χ2n) is 4.58. The van der Waals surface area contributed by atoms with Crippen LogP contribution in [0.5, 0.6) is 0 Å². The van der Waals surface area contributed by atoms with Crippen LogP contribution < -0.4 is 4.31 Å². The molecule has 0 unspecified atom stereocenters. The molecule has 0 aliphatic carbocycles. The van der Waals surface area contributed by atoms with E-state index in [1.165, 1.54) is 32.4 Å². The normalized spacial score (nSPS) is 11.1. The number of carbonyl (C=O) groups is 1. The predicted octanol–water partition coefficient (Wildman–Crippen LogP) is 3.09. The van der Waals surface area contributed by atoms with Crippen LogP contribution in [-0.2, 0) is 14.8 Å². The quantitative estimate of drug-likeness (QED) is 0.789. The number of anilines is 1. The Hall–Kier alpha value is -2.12. The van der Waals surface area contributed by atoms with Crippen molar-refractivity contribution in [3.05, 3.63) is 58.9 Å². The van der Waals surface area contributed by atoms with Crippen LogP contribution in [-0.4, -0.2) is 28.5 Å². The van der Waals surface area contributed by atoms with Crippen LogP contribution >= 0.6 is 11.6 Å². The summed E-state index contributed by atoms with van der Waals surface area (Å²) in [7, 11) is -1.38. The summed E-state index contributed by atoms with van der Waals surface area (Å²) >= 11 is 5.91. The molecule has 8 heteroatoms. The van der Waals surface area contributed by atoms with E-state index in [0.717, 1.165) is 28.6 Å². The molecule has 0 aliphatic rings. The summed E-state index contributed by atoms with van der Waals surface area (Å²) < 4.78 is 43.6. The molecule has 23 heavy (non-hydrogen) atoms. The minimum Gasteiger partial charge on any atom is -0.465 e. The molecule has 0 spiro atoms. The largest absolute Gasteiger partial charge is 0.465 e. The van der Waals surface area contributed by atoms with Crippen molar-refractivity contribution in [2.75, 3.05) is 18.5 Å². The van der Waals surface area contributed by atoms with Crippen molar-refractivity contribution in [2.24, 2.45) is 0 Å². The Balaban J connectivity index is 2.45. The first kappa shape index (κ1) is 17.2. The molecule has 5 nitrogen and oxygen atoms in total. The number of nitrogens with zero attached hydrogens (tertiary/aromatic N) is 1. The van der Waals surface area contributed by atoms with Crippen molar-refractivity contribution in [1.29, 1.82) is 0 Å². The highest BCUT2D eigenvalue weighted by molar-refractivity contribution is 7.92. The molecule has 2 rings (SSSR count). The Morgan fingerprint density at radius 2 is 1.78 bits per heavy atom. The molecule has 0 atom stereocenters. The van der Waals surface area contributed by atoms with Gasteiger partial charge in [0.1, 0.15) is 5.82 Å². The highest BCUT2D eigenvalue weighted by atomic mass is 35.5. The Morgan fingerprint density at radius 1 is 1.17 bits per heavy atom. The van der Waals surface area contributed by atoms with E-state index in [-0.39, 0.29) is 21.2 Å². The molecule has 0 aliphatic heterocycles. The summed E-state index contributed by atoms with van der Waals surface area (Å²) in [6, 6.07) is 8.62. The molecule has 0 amide bonds. The number of ether oxygens (including phenoxy) is 1. The van der Waals surface area contributed by atoms with Gasteiger partial charge in [0.15, 0.2) is 0 Å². The molecule has 0 bridgehead atoms. The first-order valence-electron chi connectivity index (χ1n) is 6.39. The molecule has 122 valence electrons. The average Bonchev–Trinajstić information content (AvgIpc) is 2.54. The van der Waals surface area contributed by atoms with E-state index in [1.54, 1.807) is 0 Å². The minimum atomic E-state index is -3.90. The van der Waals surface area contributed by atoms with E-state index >= 15 is 0 Å². The van der Waals surface area contributed by atoms with Gasteiger partial charge in [-0.05, 0) is 42.5 Å². The Kier molecular flexibility index (Phi) is 4.91. The van der Waals surface area contributed by atoms with Crippen molar-refractivity contribution >= 4 is 33.3 Å². The molecule has 2 aromatic rings. The summed E-state index contributed by atoms with van der Waals surface area (Å²) in [6.07, 6.45) is 0. The Morgan fingerprint density at radius 3 is 2.35 bits per heavy atom. The van der Waals surface area contributed by atoms with Gasteiger partial charge in [0.05, 0.1) is 28.3 Å². The number of sulfonamides is 1. The molecule has 0 N–H and O–H groups in total. The van der Waals surface area contributed by atoms with Gasteiger partial charge in [0, 0.05) is 7.05 Å². The summed E-state index contributed by atoms with van der Waals surface area (Å²) in [4.78, 5) is 11.6. The molecular weight excluding hydrogens is 345 g/mol. The first-order valence-corrected chi connectivity index (χ1v) is 8.21. The minimum absolute atomic E-state index is 0.0489. The standard InChI is InChI=1S/C15H13ClFNO4S/c1-18(23(20,21)12-6-3-10(17)4-7-12)11-5-8-14(16)13(9-11)15(19)22-2/h3-9H,1-2H3. The third kappa shape index (κ3) is 3.46. The second-order valence-corrected chi connectivity index (χ2v) is 6.96. The smallest absolute Gasteiger partial charge is 0.339 e. The van der Waals surface area contributed by atoms with Crippen LogP contribution in [0.4, 0.5) is 10.1 Å². The summed E-state index contributed by atoms with van der Waals surface area (Å²) in [5, 5.41) is 0.146. The van der Waals surface area contributed by atoms with Crippen LogP contribution in [0.3, 0.4) is 0 Å². The average molecular weight is 358 g/mol. The Labute approximate surface area is 138 Å². The maximum atomic E-state index is 12.9. The van der Waals surface area contributed by atoms with E-state index in [4.69, 9.17) is 11.6 Å². The van der Waals surface area contributed by atoms with Gasteiger partial charge in [0.25, 0.3) is 10.0 Å². The lowest BCUT2D eigenvalue weighted by atomic mass is 10.2. The van der Waals surface area contributed by atoms with Gasteiger partial charge < -0.3 is 4.74 Å². The fourth-order valence-corrected chi connectivity index (χ4v) is 3.26. The number of rotatable bonds is 4. The molecule has 2 aromatic carbocycles. The lowest BCUT2D eigenvalue weighted by Gasteiger charge is -2.20. The zero-order valence-corrected chi connectivity index (χ0v) is 13.9. The van der Waals surface area contributed by atoms with Gasteiger partial charge in [-0.2, -0.15) is 0 Å². The van der Waals surface area contributed by atoms with E-state index < -0.39 is 21.8 Å². The molecule has 0 aromatic heterocycles. The Bertz CT molecular complexity index is 837. The van der Waals surface area contributed by atoms with Gasteiger partial charge in [-0.1, -0.05) is 11.6 Å². The number of hydrogen-bond acceptors (Lipinski definition) is 4. The lowest BCUT2D eigenvalue weighted by molar-refractivity contribution is 0.0601. The third-order valence-electron chi connectivity index (χ3n) is 3.19. The molecule has 0 fully saturated rings. The number of carbonyl (C=O) groups excluding carboxylic acids is 1. The van der Waals surface area contributed by atoms with Gasteiger partial charge >= 0.3 is 5.97 Å². The molecule has 0 heterocycles. The van der Waals surface area contributed by atoms with Gasteiger partial charge in [-0.15, -0.1) is 0 Å². The van der Waals surface area contributed by atoms with Gasteiger partial charge in [-0.25, -0.2) is 17.6 Å². The van der Waals surface area contributed by atoms with Crippen LogP contribution in [0.25, 0.3) is 0 Å². The molecule has 0 saturated carbocycles. The number of benzene rings is 2. The van der Waals surface area contributed by atoms with Gasteiger partial charge in [-0.3, -0.25) is 4.31 Å². The SMILES string of the molecule is COC(=O)c1cc(N(C)S(=O)(=O)c2ccc(F)cc2)ccc1Cl. The molecule has 0 saturated heterocycles. The van der Waals surface area contributed by atoms with Crippen molar-refractivity contribution in [1.82, 2.24) is 0 Å². The summed E-state index contributed by atoms with van der Waals surface area (Å²) in [6.45, 7) is 0. The monoisotopic (exact) mass is 357 g/mol. The molecular formula is C15H13ClFNO4S. The highest BCUT2D eigenvalue weighted by Gasteiger charge is 2.23. The van der Waals surface area contributed by atoms with Crippen LogP contribution in [0, 0.1) is 5.82 Å². The predicted molar refractivity (Wildman–Crippen MR) is 84.8 cm³/mol. The van der Waals surface area contributed by atoms with E-state index in [0.29, 0.717) is 0 Å². The van der Waals surface area contributed by atoms with Crippen LogP contribution in [0.2, 0.25) is 5.02 Å². The first-order chi connectivity index (χ1) is 10.8. The number of methoxy groups -OCH3 is 1. The highest BCUT2D eigenvalue weighted by Crippen LogP contribution is 2.27. The third-order valence-corrected chi connectivity index (χ3v) is 5.32. The molecule has 0 radical (unpaired) electrons. The number of halogens is 2. The zero-order chi connectivity index (χ0) is 17.2. The van der Waals surface area contributed by atoms with Gasteiger partial charge in [0.2, 0.25) is 0 Å². The van der Waals surface area contributed by atoms with E-state index in [9.17, 15) is 17.6 Å². The summed E-state index contributed by atoms with van der Waals surface area (Å²) in [5.74, 6) is -1.21. The van der Waals surface area contributed by atoms with Crippen molar-refractivity contribution < 1.29 is 22.3 Å². The van der Waals surface area contributed by atoms with E-state index in [2.05, 4.69) is 4.74 Å². The van der Waals surface area contributed by atoms with Crippen LogP contribution in [0.1, 0.15) is 10.4 Å². The number of hydrogen-bond donors (Lipinski definition) is 0. The fraction of sp³-hybridized carbons (Fsp3) is 0.133. The number of esters is 1. The lowest BCUT2D eigenvalue weighted by Crippen LogP contribution is -2.26. The van der Waals surface area contributed by atoms with Crippen molar-refractivity contribution in [3.63, 3.8) is 0 Å².